The first-order chi connectivity index (χ1) is 13.1. The Morgan fingerprint density at radius 1 is 1.26 bits per heavy atom. The smallest absolute Gasteiger partial charge is 0.290 e. The number of carbonyl (C=O) groups is 3. The van der Waals surface area contributed by atoms with E-state index >= 15 is 0 Å². The highest BCUT2D eigenvalue weighted by molar-refractivity contribution is 8.18. The Morgan fingerprint density at radius 3 is 2.81 bits per heavy atom. The van der Waals surface area contributed by atoms with Crippen molar-refractivity contribution in [3.8, 4) is 0 Å². The molecule has 1 aliphatic heterocycles. The van der Waals surface area contributed by atoms with Gasteiger partial charge in [-0.3, -0.25) is 19.7 Å². The lowest BCUT2D eigenvalue weighted by Gasteiger charge is -2.08. The molecule has 1 saturated heterocycles. The minimum Gasteiger partial charge on any atom is -0.464 e. The molecule has 0 atom stereocenters. The normalized spacial score (nSPS) is 19.5. The fraction of sp³-hybridized carbons (Fsp3) is 0.250. The van der Waals surface area contributed by atoms with Crippen molar-refractivity contribution in [3.63, 3.8) is 0 Å². The SMILES string of the molecule is O=C(/C=C/c1coc2ccc(/C=C3\SC(=O)NC3=O)cc12)NC1CCCC1. The fourth-order valence-electron chi connectivity index (χ4n) is 3.34. The summed E-state index contributed by atoms with van der Waals surface area (Å²) < 4.78 is 5.54. The van der Waals surface area contributed by atoms with Crippen LogP contribution in [0, 0.1) is 0 Å². The van der Waals surface area contributed by atoms with Crippen LogP contribution in [0.15, 0.2) is 39.9 Å². The summed E-state index contributed by atoms with van der Waals surface area (Å²) in [5.74, 6) is -0.493. The Hall–Kier alpha value is -2.80. The van der Waals surface area contributed by atoms with Crippen LogP contribution in [-0.2, 0) is 9.59 Å². The second-order valence-corrected chi connectivity index (χ2v) is 7.64. The van der Waals surface area contributed by atoms with Crippen LogP contribution in [0.2, 0.25) is 0 Å². The van der Waals surface area contributed by atoms with Crippen LogP contribution in [-0.4, -0.2) is 23.1 Å². The topological polar surface area (TPSA) is 88.4 Å². The third-order valence-electron chi connectivity index (χ3n) is 4.68. The molecule has 2 N–H and O–H groups in total. The van der Waals surface area contributed by atoms with Crippen molar-refractivity contribution in [1.82, 2.24) is 10.6 Å². The summed E-state index contributed by atoms with van der Waals surface area (Å²) in [5.41, 5.74) is 2.25. The zero-order valence-electron chi connectivity index (χ0n) is 14.5. The average Bonchev–Trinajstić information content (AvgIpc) is 3.35. The molecule has 27 heavy (non-hydrogen) atoms. The van der Waals surface area contributed by atoms with Crippen molar-refractivity contribution < 1.29 is 18.8 Å². The molecule has 1 aromatic heterocycles. The molecule has 0 unspecified atom stereocenters. The van der Waals surface area contributed by atoms with Gasteiger partial charge in [-0.05, 0) is 54.5 Å². The van der Waals surface area contributed by atoms with E-state index in [-0.39, 0.29) is 23.1 Å². The summed E-state index contributed by atoms with van der Waals surface area (Å²) in [5, 5.41) is 5.72. The van der Waals surface area contributed by atoms with Crippen molar-refractivity contribution >= 4 is 51.9 Å². The number of hydrogen-bond donors (Lipinski definition) is 2. The third kappa shape index (κ3) is 3.98. The third-order valence-corrected chi connectivity index (χ3v) is 5.49. The molecular formula is C20H18N2O4S. The Morgan fingerprint density at radius 2 is 2.07 bits per heavy atom. The molecule has 2 fully saturated rings. The molecule has 2 aromatic rings. The van der Waals surface area contributed by atoms with Gasteiger partial charge in [-0.1, -0.05) is 18.9 Å². The average molecular weight is 382 g/mol. The summed E-state index contributed by atoms with van der Waals surface area (Å²) in [7, 11) is 0. The summed E-state index contributed by atoms with van der Waals surface area (Å²) in [6, 6.07) is 5.77. The van der Waals surface area contributed by atoms with Crippen LogP contribution in [0.1, 0.15) is 36.8 Å². The Labute approximate surface area is 160 Å². The summed E-state index contributed by atoms with van der Waals surface area (Å²) in [6.45, 7) is 0. The van der Waals surface area contributed by atoms with Gasteiger partial charge in [0.15, 0.2) is 0 Å². The first-order valence-electron chi connectivity index (χ1n) is 8.83. The molecule has 0 bridgehead atoms. The van der Waals surface area contributed by atoms with E-state index in [0.29, 0.717) is 10.5 Å². The number of hydrogen-bond acceptors (Lipinski definition) is 5. The van der Waals surface area contributed by atoms with Crippen LogP contribution >= 0.6 is 11.8 Å². The van der Waals surface area contributed by atoms with E-state index in [4.69, 9.17) is 4.42 Å². The van der Waals surface area contributed by atoms with E-state index in [1.54, 1.807) is 24.5 Å². The second-order valence-electron chi connectivity index (χ2n) is 6.62. The Bertz CT molecular complexity index is 983. The molecule has 1 aromatic carbocycles. The van der Waals surface area contributed by atoms with Crippen molar-refractivity contribution in [3.05, 3.63) is 46.6 Å². The lowest BCUT2D eigenvalue weighted by atomic mass is 10.1. The minimum atomic E-state index is -0.388. The van der Waals surface area contributed by atoms with Crippen molar-refractivity contribution in [2.75, 3.05) is 0 Å². The van der Waals surface area contributed by atoms with Crippen molar-refractivity contribution in [2.45, 2.75) is 31.7 Å². The van der Waals surface area contributed by atoms with Gasteiger partial charge in [0.2, 0.25) is 5.91 Å². The molecule has 2 heterocycles. The number of thioether (sulfide) groups is 1. The van der Waals surface area contributed by atoms with E-state index in [2.05, 4.69) is 10.6 Å². The zero-order valence-corrected chi connectivity index (χ0v) is 15.3. The maximum atomic E-state index is 12.1. The first kappa shape index (κ1) is 17.6. The van der Waals surface area contributed by atoms with Crippen molar-refractivity contribution in [2.24, 2.45) is 0 Å². The number of furan rings is 1. The van der Waals surface area contributed by atoms with Gasteiger partial charge in [0.25, 0.3) is 11.1 Å². The predicted octanol–water partition coefficient (Wildman–Crippen LogP) is 3.83. The van der Waals surface area contributed by atoms with Crippen LogP contribution < -0.4 is 10.6 Å². The number of carbonyl (C=O) groups excluding carboxylic acids is 3. The van der Waals surface area contributed by atoms with Gasteiger partial charge in [-0.2, -0.15) is 0 Å². The van der Waals surface area contributed by atoms with Gasteiger partial charge in [0.1, 0.15) is 5.58 Å². The van der Waals surface area contributed by atoms with Crippen molar-refractivity contribution in [1.29, 1.82) is 0 Å². The van der Waals surface area contributed by atoms with E-state index in [1.165, 1.54) is 18.9 Å². The van der Waals surface area contributed by atoms with Gasteiger partial charge < -0.3 is 9.73 Å². The molecule has 1 aliphatic carbocycles. The first-order valence-corrected chi connectivity index (χ1v) is 9.65. The van der Waals surface area contributed by atoms with E-state index in [0.717, 1.165) is 41.1 Å². The lowest BCUT2D eigenvalue weighted by molar-refractivity contribution is -0.117. The highest BCUT2D eigenvalue weighted by atomic mass is 32.2. The zero-order chi connectivity index (χ0) is 18.8. The summed E-state index contributed by atoms with van der Waals surface area (Å²) in [6.07, 6.45) is 10.9. The number of imide groups is 1. The molecule has 4 rings (SSSR count). The van der Waals surface area contributed by atoms with Crippen LogP contribution in [0.5, 0.6) is 0 Å². The highest BCUT2D eigenvalue weighted by Gasteiger charge is 2.25. The molecular weight excluding hydrogens is 364 g/mol. The highest BCUT2D eigenvalue weighted by Crippen LogP contribution is 2.28. The number of nitrogens with one attached hydrogen (secondary N) is 2. The van der Waals surface area contributed by atoms with Gasteiger partial charge in [0, 0.05) is 23.1 Å². The second kappa shape index (κ2) is 7.44. The predicted molar refractivity (Wildman–Crippen MR) is 105 cm³/mol. The van der Waals surface area contributed by atoms with Gasteiger partial charge in [-0.25, -0.2) is 0 Å². The summed E-state index contributed by atoms with van der Waals surface area (Å²) in [4.78, 5) is 35.4. The van der Waals surface area contributed by atoms with Crippen LogP contribution in [0.25, 0.3) is 23.1 Å². The van der Waals surface area contributed by atoms with Gasteiger partial charge in [0.05, 0.1) is 11.2 Å². The van der Waals surface area contributed by atoms with Crippen LogP contribution in [0.4, 0.5) is 4.79 Å². The molecule has 138 valence electrons. The maximum Gasteiger partial charge on any atom is 0.290 e. The standard InChI is InChI=1S/C20H18N2O4S/c23-18(21-14-3-1-2-4-14)8-6-13-11-26-16-7-5-12(9-15(13)16)10-17-19(24)22-20(25)27-17/h5-11,14H,1-4H2,(H,21,23)(H,22,24,25)/b8-6+,17-10-. The quantitative estimate of drug-likeness (QED) is 0.785. The summed E-state index contributed by atoms with van der Waals surface area (Å²) >= 11 is 0.880. The van der Waals surface area contributed by atoms with Gasteiger partial charge in [-0.15, -0.1) is 0 Å². The molecule has 1 saturated carbocycles. The number of fused-ring (bicyclic) bond motifs is 1. The Balaban J connectivity index is 1.54. The minimum absolute atomic E-state index is 0.105. The largest absolute Gasteiger partial charge is 0.464 e. The lowest BCUT2D eigenvalue weighted by Crippen LogP contribution is -2.30. The van der Waals surface area contributed by atoms with E-state index in [1.807, 2.05) is 12.1 Å². The number of benzene rings is 1. The van der Waals surface area contributed by atoms with E-state index in [9.17, 15) is 14.4 Å². The monoisotopic (exact) mass is 382 g/mol. The van der Waals surface area contributed by atoms with E-state index < -0.39 is 0 Å². The molecule has 3 amide bonds. The fourth-order valence-corrected chi connectivity index (χ4v) is 4.02. The molecule has 7 heteroatoms. The maximum absolute atomic E-state index is 12.1. The Kier molecular flexibility index (Phi) is 4.85. The molecule has 0 spiro atoms. The van der Waals surface area contributed by atoms with Crippen LogP contribution in [0.3, 0.4) is 0 Å². The number of rotatable bonds is 4. The van der Waals surface area contributed by atoms with Gasteiger partial charge >= 0.3 is 0 Å². The number of amides is 3. The molecule has 6 nitrogen and oxygen atoms in total. The molecule has 2 aliphatic rings. The molecule has 0 radical (unpaired) electrons.